The van der Waals surface area contributed by atoms with Gasteiger partial charge in [-0.1, -0.05) is 0 Å². The Labute approximate surface area is 169 Å². The van der Waals surface area contributed by atoms with Gasteiger partial charge < -0.3 is 19.7 Å². The predicted molar refractivity (Wildman–Crippen MR) is 109 cm³/mol. The average molecular weight is 394 g/mol. The number of rotatable bonds is 2. The Hall–Kier alpha value is -2.58. The van der Waals surface area contributed by atoms with Gasteiger partial charge in [0.05, 0.1) is 18.1 Å². The SMILES string of the molecule is CN1CCN(C(=O)c2cncc(-c3cc4n(c(=O)c3)C[C@@H]3CNC[C@H]4C3)n2)CC1. The lowest BCUT2D eigenvalue weighted by molar-refractivity contribution is 0.0658. The Balaban J connectivity index is 1.46. The number of fused-ring (bicyclic) bond motifs is 4. The van der Waals surface area contributed by atoms with Gasteiger partial charge in [-0.2, -0.15) is 0 Å². The second-order valence-electron chi connectivity index (χ2n) is 8.46. The second kappa shape index (κ2) is 7.35. The lowest BCUT2D eigenvalue weighted by Crippen LogP contribution is -2.47. The summed E-state index contributed by atoms with van der Waals surface area (Å²) in [7, 11) is 2.06. The molecule has 0 saturated carbocycles. The fourth-order valence-electron chi connectivity index (χ4n) is 4.73. The molecule has 29 heavy (non-hydrogen) atoms. The van der Waals surface area contributed by atoms with Crippen molar-refractivity contribution in [1.82, 2.24) is 29.7 Å². The molecule has 2 atom stereocenters. The molecule has 1 amide bonds. The summed E-state index contributed by atoms with van der Waals surface area (Å²) in [5.74, 6) is 0.772. The Kier molecular flexibility index (Phi) is 4.67. The van der Waals surface area contributed by atoms with Crippen LogP contribution >= 0.6 is 0 Å². The number of hydrogen-bond acceptors (Lipinski definition) is 6. The van der Waals surface area contributed by atoms with Gasteiger partial charge >= 0.3 is 0 Å². The first-order valence-electron chi connectivity index (χ1n) is 10.3. The van der Waals surface area contributed by atoms with Crippen LogP contribution < -0.4 is 10.9 Å². The number of carbonyl (C=O) groups is 1. The monoisotopic (exact) mass is 394 g/mol. The van der Waals surface area contributed by atoms with Crippen molar-refractivity contribution in [1.29, 1.82) is 0 Å². The van der Waals surface area contributed by atoms with Crippen LogP contribution in [0.25, 0.3) is 11.3 Å². The number of nitrogens with zero attached hydrogens (tertiary/aromatic N) is 5. The molecule has 5 rings (SSSR count). The molecule has 2 fully saturated rings. The van der Waals surface area contributed by atoms with Gasteiger partial charge in [0.1, 0.15) is 5.69 Å². The maximum Gasteiger partial charge on any atom is 0.274 e. The summed E-state index contributed by atoms with van der Waals surface area (Å²) in [6.45, 7) is 5.74. The van der Waals surface area contributed by atoms with E-state index in [0.29, 0.717) is 36.3 Å². The highest BCUT2D eigenvalue weighted by atomic mass is 16.2. The molecule has 2 bridgehead atoms. The predicted octanol–water partition coefficient (Wildman–Crippen LogP) is 0.400. The van der Waals surface area contributed by atoms with Crippen LogP contribution in [0.2, 0.25) is 0 Å². The number of likely N-dealkylation sites (N-methyl/N-ethyl adjacent to an activating group) is 1. The van der Waals surface area contributed by atoms with Crippen LogP contribution in [0, 0.1) is 5.92 Å². The minimum atomic E-state index is -0.0959. The van der Waals surface area contributed by atoms with E-state index in [4.69, 9.17) is 0 Å². The van der Waals surface area contributed by atoms with Crippen LogP contribution in [0.3, 0.4) is 0 Å². The number of amides is 1. The van der Waals surface area contributed by atoms with E-state index in [9.17, 15) is 9.59 Å². The molecule has 1 N–H and O–H groups in total. The fourth-order valence-corrected chi connectivity index (χ4v) is 4.73. The minimum Gasteiger partial charge on any atom is -0.335 e. The molecule has 2 aromatic heterocycles. The molecule has 152 valence electrons. The highest BCUT2D eigenvalue weighted by Crippen LogP contribution is 2.33. The number of aromatic nitrogens is 3. The van der Waals surface area contributed by atoms with Crippen LogP contribution in [-0.4, -0.2) is 76.6 Å². The van der Waals surface area contributed by atoms with Crippen LogP contribution in [0.5, 0.6) is 0 Å². The molecule has 2 saturated heterocycles. The van der Waals surface area contributed by atoms with E-state index in [-0.39, 0.29) is 11.5 Å². The molecule has 0 spiro atoms. The largest absolute Gasteiger partial charge is 0.335 e. The van der Waals surface area contributed by atoms with E-state index < -0.39 is 0 Å². The quantitative estimate of drug-likeness (QED) is 0.794. The van der Waals surface area contributed by atoms with Crippen LogP contribution in [0.15, 0.2) is 29.3 Å². The number of nitrogens with one attached hydrogen (secondary N) is 1. The first kappa shape index (κ1) is 18.4. The van der Waals surface area contributed by atoms with Gasteiger partial charge in [-0.15, -0.1) is 0 Å². The summed E-state index contributed by atoms with van der Waals surface area (Å²) < 4.78 is 1.91. The van der Waals surface area contributed by atoms with Crippen molar-refractivity contribution in [2.24, 2.45) is 5.92 Å². The fraction of sp³-hybridized carbons (Fsp3) is 0.524. The molecule has 2 aromatic rings. The number of hydrogen-bond donors (Lipinski definition) is 1. The number of piperidine rings is 1. The smallest absolute Gasteiger partial charge is 0.274 e. The summed E-state index contributed by atoms with van der Waals surface area (Å²) in [6.07, 6.45) is 4.27. The maximum absolute atomic E-state index is 12.9. The highest BCUT2D eigenvalue weighted by Gasteiger charge is 2.31. The van der Waals surface area contributed by atoms with Gasteiger partial charge in [0.15, 0.2) is 0 Å². The average Bonchev–Trinajstić information content (AvgIpc) is 2.75. The van der Waals surface area contributed by atoms with E-state index in [2.05, 4.69) is 33.3 Å². The Morgan fingerprint density at radius 2 is 1.97 bits per heavy atom. The van der Waals surface area contributed by atoms with Crippen molar-refractivity contribution in [2.75, 3.05) is 46.3 Å². The third kappa shape index (κ3) is 3.47. The van der Waals surface area contributed by atoms with E-state index in [0.717, 1.165) is 50.4 Å². The zero-order valence-corrected chi connectivity index (χ0v) is 16.7. The van der Waals surface area contributed by atoms with Crippen molar-refractivity contribution in [3.05, 3.63) is 46.3 Å². The van der Waals surface area contributed by atoms with Gasteiger partial charge in [-0.3, -0.25) is 14.6 Å². The van der Waals surface area contributed by atoms with Gasteiger partial charge in [-0.25, -0.2) is 4.98 Å². The standard InChI is InChI=1S/C21H26N6O2/c1-25-2-4-26(5-3-25)21(29)18-12-23-11-17(24-18)15-7-19-16-6-14(9-22-10-16)13-27(19)20(28)8-15/h7-8,11-12,14,16,22H,2-6,9-10,13H2,1H3/t14-,16+/m0/s1. The maximum atomic E-state index is 12.9. The first-order valence-corrected chi connectivity index (χ1v) is 10.3. The third-order valence-electron chi connectivity index (χ3n) is 6.40. The van der Waals surface area contributed by atoms with Crippen molar-refractivity contribution in [3.63, 3.8) is 0 Å². The van der Waals surface area contributed by atoms with Crippen molar-refractivity contribution < 1.29 is 4.79 Å². The molecule has 0 radical (unpaired) electrons. The topological polar surface area (TPSA) is 83.4 Å². The zero-order chi connectivity index (χ0) is 20.0. The van der Waals surface area contributed by atoms with Crippen LogP contribution in [0.4, 0.5) is 0 Å². The Morgan fingerprint density at radius 3 is 2.79 bits per heavy atom. The lowest BCUT2D eigenvalue weighted by atomic mass is 9.83. The Bertz CT molecular complexity index is 995. The van der Waals surface area contributed by atoms with Gasteiger partial charge in [-0.05, 0) is 32.0 Å². The zero-order valence-electron chi connectivity index (χ0n) is 16.7. The normalized spacial score (nSPS) is 24.2. The molecule has 0 aromatic carbocycles. The summed E-state index contributed by atoms with van der Waals surface area (Å²) in [4.78, 5) is 38.5. The third-order valence-corrected chi connectivity index (χ3v) is 6.40. The van der Waals surface area contributed by atoms with Gasteiger partial charge in [0.25, 0.3) is 11.5 Å². The molecule has 3 aliphatic rings. The summed E-state index contributed by atoms with van der Waals surface area (Å²) in [5, 5.41) is 3.47. The second-order valence-corrected chi connectivity index (χ2v) is 8.46. The molecule has 8 nitrogen and oxygen atoms in total. The summed E-state index contributed by atoms with van der Waals surface area (Å²) in [6, 6.07) is 3.69. The van der Waals surface area contributed by atoms with E-state index in [1.54, 1.807) is 12.3 Å². The molecule has 5 heterocycles. The molecule has 8 heteroatoms. The van der Waals surface area contributed by atoms with Crippen molar-refractivity contribution in [2.45, 2.75) is 18.9 Å². The van der Waals surface area contributed by atoms with E-state index in [1.165, 1.54) is 6.20 Å². The molecule has 3 aliphatic heterocycles. The van der Waals surface area contributed by atoms with Crippen LogP contribution in [0.1, 0.15) is 28.5 Å². The number of piperazine rings is 1. The van der Waals surface area contributed by atoms with E-state index >= 15 is 0 Å². The molecular weight excluding hydrogens is 368 g/mol. The molecule has 0 aliphatic carbocycles. The lowest BCUT2D eigenvalue weighted by Gasteiger charge is -2.37. The van der Waals surface area contributed by atoms with Crippen LogP contribution in [-0.2, 0) is 6.54 Å². The summed E-state index contributed by atoms with van der Waals surface area (Å²) >= 11 is 0. The van der Waals surface area contributed by atoms with Crippen molar-refractivity contribution in [3.8, 4) is 11.3 Å². The van der Waals surface area contributed by atoms with Gasteiger partial charge in [0.2, 0.25) is 0 Å². The van der Waals surface area contributed by atoms with Gasteiger partial charge in [0, 0.05) is 62.5 Å². The summed E-state index contributed by atoms with van der Waals surface area (Å²) in [5.41, 5.74) is 2.73. The minimum absolute atomic E-state index is 0.00620. The van der Waals surface area contributed by atoms with Crippen molar-refractivity contribution >= 4 is 5.91 Å². The Morgan fingerprint density at radius 1 is 1.14 bits per heavy atom. The van der Waals surface area contributed by atoms with E-state index in [1.807, 2.05) is 9.47 Å². The number of pyridine rings is 1. The molecule has 0 unspecified atom stereocenters. The first-order chi connectivity index (χ1) is 14.1. The highest BCUT2D eigenvalue weighted by molar-refractivity contribution is 5.92. The number of carbonyl (C=O) groups excluding carboxylic acids is 1. The molecular formula is C21H26N6O2.